The van der Waals surface area contributed by atoms with Gasteiger partial charge >= 0.3 is 5.91 Å². The third kappa shape index (κ3) is 3.86. The Morgan fingerprint density at radius 3 is 2.50 bits per heavy atom. The molecule has 5 rings (SSSR count). The van der Waals surface area contributed by atoms with Gasteiger partial charge in [0.2, 0.25) is 0 Å². The molecule has 1 atom stereocenters. The number of ether oxygens (including phenoxy) is 2. The zero-order valence-corrected chi connectivity index (χ0v) is 20.0. The minimum Gasteiger partial charge on any atom is -0.507 e. The van der Waals surface area contributed by atoms with E-state index in [2.05, 4.69) is 5.16 Å². The molecule has 0 unspecified atom stereocenters. The van der Waals surface area contributed by atoms with E-state index in [1.807, 2.05) is 37.3 Å². The predicted octanol–water partition coefficient (Wildman–Crippen LogP) is 5.17. The number of nitrogens with zero attached hydrogens (tertiary/aromatic N) is 2. The summed E-state index contributed by atoms with van der Waals surface area (Å²) >= 11 is 0. The van der Waals surface area contributed by atoms with Crippen LogP contribution in [0.25, 0.3) is 16.5 Å². The molecular formula is C28H24N2O6. The van der Waals surface area contributed by atoms with E-state index in [-0.39, 0.29) is 17.2 Å². The lowest BCUT2D eigenvalue weighted by Gasteiger charge is -2.23. The fourth-order valence-corrected chi connectivity index (χ4v) is 4.47. The first-order valence-electron chi connectivity index (χ1n) is 11.5. The first kappa shape index (κ1) is 23.2. The molecule has 36 heavy (non-hydrogen) atoms. The Balaban J connectivity index is 1.72. The van der Waals surface area contributed by atoms with Gasteiger partial charge in [0.25, 0.3) is 5.78 Å². The van der Waals surface area contributed by atoms with Crippen LogP contribution in [0.1, 0.15) is 29.9 Å². The number of aliphatic hydroxyl groups is 1. The van der Waals surface area contributed by atoms with E-state index in [9.17, 15) is 14.7 Å². The standard InChI is InChI=1S/C28H24N2O6/c1-4-35-21-12-11-19(15-22(21)34-3)25-24(27(32)28(33)30(25)23-13-16(2)36-29-23)26(31)20-10-9-17-7-5-6-8-18(17)14-20/h5-15,25,31H,4H2,1-3H3/t25-/m0/s1. The Labute approximate surface area is 207 Å². The van der Waals surface area contributed by atoms with E-state index < -0.39 is 17.7 Å². The maximum Gasteiger partial charge on any atom is 0.301 e. The van der Waals surface area contributed by atoms with Crippen LogP contribution >= 0.6 is 0 Å². The Kier molecular flexibility index (Phi) is 5.93. The molecule has 1 saturated heterocycles. The number of aryl methyl sites for hydroxylation is 1. The Bertz CT molecular complexity index is 1520. The first-order chi connectivity index (χ1) is 17.4. The van der Waals surface area contributed by atoms with Crippen molar-refractivity contribution >= 4 is 34.0 Å². The monoisotopic (exact) mass is 484 g/mol. The first-order valence-corrected chi connectivity index (χ1v) is 11.5. The second kappa shape index (κ2) is 9.22. The summed E-state index contributed by atoms with van der Waals surface area (Å²) in [5.74, 6) is -0.314. The molecule has 0 aliphatic carbocycles. The average Bonchev–Trinajstić information content (AvgIpc) is 3.43. The van der Waals surface area contributed by atoms with Gasteiger partial charge in [-0.05, 0) is 48.4 Å². The van der Waals surface area contributed by atoms with Crippen LogP contribution in [0.3, 0.4) is 0 Å². The van der Waals surface area contributed by atoms with Crippen LogP contribution in [-0.4, -0.2) is 35.7 Å². The van der Waals surface area contributed by atoms with Crippen LogP contribution < -0.4 is 14.4 Å². The van der Waals surface area contributed by atoms with Crippen LogP contribution in [0, 0.1) is 6.92 Å². The molecule has 0 spiro atoms. The van der Waals surface area contributed by atoms with Crippen molar-refractivity contribution in [1.82, 2.24) is 5.16 Å². The predicted molar refractivity (Wildman–Crippen MR) is 134 cm³/mol. The summed E-state index contributed by atoms with van der Waals surface area (Å²) in [6.07, 6.45) is 0. The van der Waals surface area contributed by atoms with Gasteiger partial charge in [0.1, 0.15) is 11.5 Å². The molecule has 1 aliphatic heterocycles. The summed E-state index contributed by atoms with van der Waals surface area (Å²) in [6, 6.07) is 18.8. The largest absolute Gasteiger partial charge is 0.507 e. The molecule has 3 aromatic carbocycles. The highest BCUT2D eigenvalue weighted by Crippen LogP contribution is 2.44. The minimum atomic E-state index is -0.967. The van der Waals surface area contributed by atoms with Crippen molar-refractivity contribution in [2.75, 3.05) is 18.6 Å². The van der Waals surface area contributed by atoms with Gasteiger partial charge < -0.3 is 19.1 Å². The van der Waals surface area contributed by atoms with Crippen molar-refractivity contribution in [3.8, 4) is 11.5 Å². The van der Waals surface area contributed by atoms with Crippen LogP contribution in [-0.2, 0) is 9.59 Å². The molecule has 0 bridgehead atoms. The van der Waals surface area contributed by atoms with E-state index in [0.29, 0.717) is 35.0 Å². The topological polar surface area (TPSA) is 102 Å². The van der Waals surface area contributed by atoms with Gasteiger partial charge in [-0.15, -0.1) is 0 Å². The number of Topliss-reactive ketones (excluding diaryl/α,β-unsaturated/α-hetero) is 1. The van der Waals surface area contributed by atoms with Crippen LogP contribution in [0.15, 0.2) is 76.8 Å². The number of hydrogen-bond donors (Lipinski definition) is 1. The highest BCUT2D eigenvalue weighted by atomic mass is 16.5. The number of aromatic nitrogens is 1. The second-order valence-electron chi connectivity index (χ2n) is 8.37. The van der Waals surface area contributed by atoms with Gasteiger partial charge in [0, 0.05) is 11.6 Å². The smallest absolute Gasteiger partial charge is 0.301 e. The number of rotatable bonds is 6. The SMILES string of the molecule is CCOc1ccc([C@H]2C(=C(O)c3ccc4ccccc4c3)C(=O)C(=O)N2c2cc(C)on2)cc1OC. The number of amides is 1. The van der Waals surface area contributed by atoms with Crippen LogP contribution in [0.4, 0.5) is 5.82 Å². The molecule has 0 radical (unpaired) electrons. The normalized spacial score (nSPS) is 17.1. The number of aliphatic hydroxyl groups excluding tert-OH is 1. The molecule has 0 saturated carbocycles. The van der Waals surface area contributed by atoms with Gasteiger partial charge in [0.05, 0.1) is 25.3 Å². The quantitative estimate of drug-likeness (QED) is 0.229. The molecule has 2 heterocycles. The van der Waals surface area contributed by atoms with Crippen molar-refractivity contribution in [3.05, 3.63) is 89.2 Å². The minimum absolute atomic E-state index is 0.0536. The Morgan fingerprint density at radius 2 is 1.81 bits per heavy atom. The summed E-state index contributed by atoms with van der Waals surface area (Å²) < 4.78 is 16.3. The summed E-state index contributed by atoms with van der Waals surface area (Å²) in [4.78, 5) is 27.9. The van der Waals surface area contributed by atoms with Gasteiger partial charge in [-0.3, -0.25) is 14.5 Å². The number of benzene rings is 3. The molecule has 1 N–H and O–H groups in total. The highest BCUT2D eigenvalue weighted by molar-refractivity contribution is 6.51. The van der Waals surface area contributed by atoms with Gasteiger partial charge in [-0.25, -0.2) is 0 Å². The maximum atomic E-state index is 13.4. The average molecular weight is 485 g/mol. The van der Waals surface area contributed by atoms with Gasteiger partial charge in [-0.2, -0.15) is 0 Å². The molecule has 1 aliphatic rings. The summed E-state index contributed by atoms with van der Waals surface area (Å²) in [6.45, 7) is 3.99. The van der Waals surface area contributed by atoms with Crippen molar-refractivity contribution in [1.29, 1.82) is 0 Å². The van der Waals surface area contributed by atoms with Gasteiger partial charge in [0.15, 0.2) is 17.3 Å². The number of fused-ring (bicyclic) bond motifs is 1. The second-order valence-corrected chi connectivity index (χ2v) is 8.37. The van der Waals surface area contributed by atoms with E-state index in [0.717, 1.165) is 10.8 Å². The zero-order chi connectivity index (χ0) is 25.4. The Morgan fingerprint density at radius 1 is 1.03 bits per heavy atom. The van der Waals surface area contributed by atoms with Crippen molar-refractivity contribution < 1.29 is 28.7 Å². The fraction of sp³-hybridized carbons (Fsp3) is 0.179. The molecule has 4 aromatic rings. The number of carbonyl (C=O) groups is 2. The maximum absolute atomic E-state index is 13.4. The molecule has 182 valence electrons. The third-order valence-electron chi connectivity index (χ3n) is 6.13. The summed E-state index contributed by atoms with van der Waals surface area (Å²) in [5.41, 5.74) is 0.908. The van der Waals surface area contributed by atoms with Crippen molar-refractivity contribution in [2.24, 2.45) is 0 Å². The molecule has 1 amide bonds. The van der Waals surface area contributed by atoms with E-state index in [4.69, 9.17) is 14.0 Å². The van der Waals surface area contributed by atoms with Crippen molar-refractivity contribution in [3.63, 3.8) is 0 Å². The van der Waals surface area contributed by atoms with Crippen molar-refractivity contribution in [2.45, 2.75) is 19.9 Å². The van der Waals surface area contributed by atoms with E-state index in [1.54, 1.807) is 43.3 Å². The highest BCUT2D eigenvalue weighted by Gasteiger charge is 2.48. The summed E-state index contributed by atoms with van der Waals surface area (Å²) in [7, 11) is 1.51. The molecule has 8 nitrogen and oxygen atoms in total. The molecular weight excluding hydrogens is 460 g/mol. The number of ketones is 1. The van der Waals surface area contributed by atoms with E-state index >= 15 is 0 Å². The lowest BCUT2D eigenvalue weighted by molar-refractivity contribution is -0.132. The number of anilines is 1. The lowest BCUT2D eigenvalue weighted by atomic mass is 9.94. The molecule has 8 heteroatoms. The Hall–Kier alpha value is -4.59. The number of carbonyl (C=O) groups excluding carboxylic acids is 2. The van der Waals surface area contributed by atoms with Crippen LogP contribution in [0.2, 0.25) is 0 Å². The van der Waals surface area contributed by atoms with E-state index in [1.165, 1.54) is 12.0 Å². The number of hydrogen-bond acceptors (Lipinski definition) is 7. The molecule has 1 fully saturated rings. The van der Waals surface area contributed by atoms with Gasteiger partial charge in [-0.1, -0.05) is 47.6 Å². The lowest BCUT2D eigenvalue weighted by Crippen LogP contribution is -2.29. The third-order valence-corrected chi connectivity index (χ3v) is 6.13. The van der Waals surface area contributed by atoms with Crippen LogP contribution in [0.5, 0.6) is 11.5 Å². The number of methoxy groups -OCH3 is 1. The zero-order valence-electron chi connectivity index (χ0n) is 20.0. The summed E-state index contributed by atoms with van der Waals surface area (Å²) in [5, 5.41) is 17.3. The fourth-order valence-electron chi connectivity index (χ4n) is 4.47. The molecule has 1 aromatic heterocycles.